The number of benzene rings is 1. The molecule has 0 spiro atoms. The third kappa shape index (κ3) is 1.53. The van der Waals surface area contributed by atoms with Gasteiger partial charge in [0.25, 0.3) is 0 Å². The molecule has 0 aliphatic heterocycles. The first-order valence-corrected chi connectivity index (χ1v) is 5.49. The van der Waals surface area contributed by atoms with Crippen molar-refractivity contribution in [1.29, 1.82) is 0 Å². The van der Waals surface area contributed by atoms with Gasteiger partial charge < -0.3 is 10.5 Å². The molecule has 2 atom stereocenters. The van der Waals surface area contributed by atoms with Crippen LogP contribution in [0.3, 0.4) is 0 Å². The summed E-state index contributed by atoms with van der Waals surface area (Å²) in [6.45, 7) is 5.09. The molecule has 2 rings (SSSR count). The van der Waals surface area contributed by atoms with Gasteiger partial charge in [-0.2, -0.15) is 0 Å². The molecule has 0 aromatic heterocycles. The van der Waals surface area contributed by atoms with E-state index in [2.05, 4.69) is 26.0 Å². The SMILES string of the molecule is COc1ccc(C)cc1C1(CN)CC1C. The van der Waals surface area contributed by atoms with Crippen LogP contribution >= 0.6 is 0 Å². The van der Waals surface area contributed by atoms with Gasteiger partial charge in [-0.1, -0.05) is 24.6 Å². The number of hydrogen-bond acceptors (Lipinski definition) is 2. The summed E-state index contributed by atoms with van der Waals surface area (Å²) in [5, 5.41) is 0. The third-order valence-corrected chi connectivity index (χ3v) is 3.71. The Morgan fingerprint density at radius 1 is 1.53 bits per heavy atom. The average molecular weight is 205 g/mol. The normalized spacial score (nSPS) is 28.9. The summed E-state index contributed by atoms with van der Waals surface area (Å²) in [7, 11) is 1.73. The summed E-state index contributed by atoms with van der Waals surface area (Å²) in [5.74, 6) is 1.66. The molecular weight excluding hydrogens is 186 g/mol. The predicted molar refractivity (Wildman–Crippen MR) is 62.2 cm³/mol. The van der Waals surface area contributed by atoms with Gasteiger partial charge in [-0.25, -0.2) is 0 Å². The van der Waals surface area contributed by atoms with Crippen LogP contribution in [-0.4, -0.2) is 13.7 Å². The van der Waals surface area contributed by atoms with Crippen molar-refractivity contribution >= 4 is 0 Å². The quantitative estimate of drug-likeness (QED) is 0.821. The highest BCUT2D eigenvalue weighted by atomic mass is 16.5. The van der Waals surface area contributed by atoms with E-state index >= 15 is 0 Å². The molecule has 1 aromatic carbocycles. The number of rotatable bonds is 3. The van der Waals surface area contributed by atoms with Crippen molar-refractivity contribution in [2.75, 3.05) is 13.7 Å². The van der Waals surface area contributed by atoms with Gasteiger partial charge in [-0.05, 0) is 25.3 Å². The van der Waals surface area contributed by atoms with E-state index in [-0.39, 0.29) is 5.41 Å². The van der Waals surface area contributed by atoms with E-state index in [0.29, 0.717) is 12.5 Å². The number of aryl methyl sites for hydroxylation is 1. The minimum Gasteiger partial charge on any atom is -0.496 e. The molecular formula is C13H19NO. The molecule has 2 N–H and O–H groups in total. The van der Waals surface area contributed by atoms with Crippen molar-refractivity contribution in [2.24, 2.45) is 11.7 Å². The molecule has 2 unspecified atom stereocenters. The lowest BCUT2D eigenvalue weighted by molar-refractivity contribution is 0.402. The maximum atomic E-state index is 5.91. The van der Waals surface area contributed by atoms with Crippen LogP contribution in [0.5, 0.6) is 5.75 Å². The summed E-state index contributed by atoms with van der Waals surface area (Å²) in [4.78, 5) is 0. The van der Waals surface area contributed by atoms with Crippen LogP contribution in [-0.2, 0) is 5.41 Å². The number of hydrogen-bond donors (Lipinski definition) is 1. The molecule has 1 aliphatic rings. The van der Waals surface area contributed by atoms with Gasteiger partial charge in [0.05, 0.1) is 7.11 Å². The largest absolute Gasteiger partial charge is 0.496 e. The highest BCUT2D eigenvalue weighted by Crippen LogP contribution is 2.55. The second-order valence-corrected chi connectivity index (χ2v) is 4.67. The summed E-state index contributed by atoms with van der Waals surface area (Å²) in [5.41, 5.74) is 8.65. The van der Waals surface area contributed by atoms with Gasteiger partial charge in [0.2, 0.25) is 0 Å². The maximum absolute atomic E-state index is 5.91. The number of ether oxygens (including phenoxy) is 1. The Morgan fingerprint density at radius 3 is 2.67 bits per heavy atom. The second kappa shape index (κ2) is 3.53. The highest BCUT2D eigenvalue weighted by molar-refractivity contribution is 5.46. The first-order chi connectivity index (χ1) is 7.14. The minimum absolute atomic E-state index is 0.178. The van der Waals surface area contributed by atoms with Gasteiger partial charge in [0.1, 0.15) is 5.75 Å². The molecule has 1 aromatic rings. The van der Waals surface area contributed by atoms with Crippen LogP contribution in [0.4, 0.5) is 0 Å². The molecule has 1 saturated carbocycles. The molecule has 82 valence electrons. The van der Waals surface area contributed by atoms with Gasteiger partial charge in [0, 0.05) is 17.5 Å². The smallest absolute Gasteiger partial charge is 0.122 e. The van der Waals surface area contributed by atoms with Crippen LogP contribution < -0.4 is 10.5 Å². The Labute approximate surface area is 91.4 Å². The average Bonchev–Trinajstić information content (AvgIpc) is 2.91. The van der Waals surface area contributed by atoms with E-state index in [1.54, 1.807) is 7.11 Å². The first kappa shape index (κ1) is 10.5. The van der Waals surface area contributed by atoms with E-state index in [1.165, 1.54) is 17.5 Å². The zero-order valence-corrected chi connectivity index (χ0v) is 9.71. The zero-order chi connectivity index (χ0) is 11.1. The Morgan fingerprint density at radius 2 is 2.20 bits per heavy atom. The minimum atomic E-state index is 0.178. The van der Waals surface area contributed by atoms with Crippen molar-refractivity contribution in [3.8, 4) is 5.75 Å². The van der Waals surface area contributed by atoms with Crippen LogP contribution in [0, 0.1) is 12.8 Å². The standard InChI is InChI=1S/C13H19NO/c1-9-4-5-12(15-3)11(6-9)13(8-14)7-10(13)2/h4-6,10H,7-8,14H2,1-3H3. The zero-order valence-electron chi connectivity index (χ0n) is 9.71. The fraction of sp³-hybridized carbons (Fsp3) is 0.538. The van der Waals surface area contributed by atoms with Crippen molar-refractivity contribution in [3.63, 3.8) is 0 Å². The van der Waals surface area contributed by atoms with Crippen LogP contribution in [0.15, 0.2) is 18.2 Å². The fourth-order valence-electron chi connectivity index (χ4n) is 2.47. The first-order valence-electron chi connectivity index (χ1n) is 5.49. The number of nitrogens with two attached hydrogens (primary N) is 1. The van der Waals surface area contributed by atoms with E-state index in [1.807, 2.05) is 6.07 Å². The third-order valence-electron chi connectivity index (χ3n) is 3.71. The van der Waals surface area contributed by atoms with Gasteiger partial charge in [-0.15, -0.1) is 0 Å². The lowest BCUT2D eigenvalue weighted by Crippen LogP contribution is -2.22. The molecule has 0 amide bonds. The Bertz CT molecular complexity index is 371. The fourth-order valence-corrected chi connectivity index (χ4v) is 2.47. The van der Waals surface area contributed by atoms with Crippen molar-refractivity contribution in [1.82, 2.24) is 0 Å². The lowest BCUT2D eigenvalue weighted by atomic mass is 9.91. The Kier molecular flexibility index (Phi) is 2.47. The number of methoxy groups -OCH3 is 1. The topological polar surface area (TPSA) is 35.2 Å². The lowest BCUT2D eigenvalue weighted by Gasteiger charge is -2.18. The van der Waals surface area contributed by atoms with E-state index in [9.17, 15) is 0 Å². The molecule has 0 saturated heterocycles. The second-order valence-electron chi connectivity index (χ2n) is 4.67. The monoisotopic (exact) mass is 205 g/mol. The van der Waals surface area contributed by atoms with Gasteiger partial charge in [0.15, 0.2) is 0 Å². The molecule has 0 bridgehead atoms. The maximum Gasteiger partial charge on any atom is 0.122 e. The molecule has 0 radical (unpaired) electrons. The molecule has 2 heteroatoms. The Balaban J connectivity index is 2.46. The molecule has 1 aliphatic carbocycles. The summed E-state index contributed by atoms with van der Waals surface area (Å²) >= 11 is 0. The van der Waals surface area contributed by atoms with Crippen molar-refractivity contribution in [2.45, 2.75) is 25.7 Å². The summed E-state index contributed by atoms with van der Waals surface area (Å²) < 4.78 is 5.42. The van der Waals surface area contributed by atoms with E-state index in [4.69, 9.17) is 10.5 Å². The van der Waals surface area contributed by atoms with Crippen molar-refractivity contribution < 1.29 is 4.74 Å². The van der Waals surface area contributed by atoms with E-state index in [0.717, 1.165) is 5.75 Å². The van der Waals surface area contributed by atoms with Crippen LogP contribution in [0.2, 0.25) is 0 Å². The summed E-state index contributed by atoms with van der Waals surface area (Å²) in [6, 6.07) is 6.35. The van der Waals surface area contributed by atoms with Gasteiger partial charge in [-0.3, -0.25) is 0 Å². The van der Waals surface area contributed by atoms with Crippen LogP contribution in [0.25, 0.3) is 0 Å². The molecule has 0 heterocycles. The summed E-state index contributed by atoms with van der Waals surface area (Å²) in [6.07, 6.45) is 1.18. The van der Waals surface area contributed by atoms with Crippen LogP contribution in [0.1, 0.15) is 24.5 Å². The van der Waals surface area contributed by atoms with Crippen molar-refractivity contribution in [3.05, 3.63) is 29.3 Å². The molecule has 1 fully saturated rings. The van der Waals surface area contributed by atoms with Gasteiger partial charge >= 0.3 is 0 Å². The molecule has 2 nitrogen and oxygen atoms in total. The highest BCUT2D eigenvalue weighted by Gasteiger charge is 2.52. The van der Waals surface area contributed by atoms with E-state index < -0.39 is 0 Å². The predicted octanol–water partition coefficient (Wildman–Crippen LogP) is 2.24. The Hall–Kier alpha value is -1.02. The molecule has 15 heavy (non-hydrogen) atoms.